The van der Waals surface area contributed by atoms with Crippen molar-refractivity contribution < 1.29 is 9.67 Å². The van der Waals surface area contributed by atoms with Crippen molar-refractivity contribution >= 4 is 17.3 Å². The summed E-state index contributed by atoms with van der Waals surface area (Å²) < 4.78 is 2.26. The molecule has 0 saturated carbocycles. The summed E-state index contributed by atoms with van der Waals surface area (Å²) in [6.45, 7) is 1.90. The van der Waals surface area contributed by atoms with E-state index in [0.717, 1.165) is 16.9 Å². The Labute approximate surface area is 135 Å². The number of nitrogens with zero attached hydrogens (tertiary/aromatic N) is 2. The van der Waals surface area contributed by atoms with Gasteiger partial charge in [0.1, 0.15) is 6.20 Å². The smallest absolute Gasteiger partial charge is 0.272 e. The molecular weight excluding hydrogens is 296 g/mol. The van der Waals surface area contributed by atoms with E-state index in [0.29, 0.717) is 5.03 Å². The number of rotatable bonds is 2. The van der Waals surface area contributed by atoms with Gasteiger partial charge < -0.3 is 5.11 Å². The number of likely N-dealkylation sites (N-methyl/N-ethyl adjacent to an activating group) is 1. The Morgan fingerprint density at radius 1 is 1.09 bits per heavy atom. The molecule has 2 unspecified atom stereocenters. The molecule has 3 nitrogen and oxygen atoms in total. The van der Waals surface area contributed by atoms with Gasteiger partial charge in [0.15, 0.2) is 12.4 Å². The van der Waals surface area contributed by atoms with Crippen molar-refractivity contribution in [3.8, 4) is 5.69 Å². The number of para-hydroxylation sites is 2. The van der Waals surface area contributed by atoms with E-state index in [1.807, 2.05) is 85.7 Å². The van der Waals surface area contributed by atoms with Gasteiger partial charge in [0.05, 0.1) is 12.1 Å². The predicted octanol–water partition coefficient (Wildman–Crippen LogP) is 3.26. The quantitative estimate of drug-likeness (QED) is 0.668. The zero-order valence-electron chi connectivity index (χ0n) is 12.6. The molecule has 4 heteroatoms. The molecule has 3 rings (SSSR count). The largest absolute Gasteiger partial charge is 0.341 e. The number of aliphatic hydroxyl groups is 1. The highest BCUT2D eigenvalue weighted by Crippen LogP contribution is 2.35. The Balaban J connectivity index is 2.19. The molecule has 0 spiro atoms. The van der Waals surface area contributed by atoms with Crippen LogP contribution >= 0.6 is 11.6 Å². The van der Waals surface area contributed by atoms with E-state index in [1.165, 1.54) is 0 Å². The molecule has 112 valence electrons. The second-order valence-electron chi connectivity index (χ2n) is 5.69. The van der Waals surface area contributed by atoms with Crippen molar-refractivity contribution in [2.75, 3.05) is 7.05 Å². The lowest BCUT2D eigenvalue weighted by Gasteiger charge is -2.36. The molecule has 0 aliphatic carbocycles. The first-order valence-electron chi connectivity index (χ1n) is 7.19. The molecule has 1 aromatic carbocycles. The Morgan fingerprint density at radius 3 is 2.50 bits per heavy atom. The van der Waals surface area contributed by atoms with Gasteiger partial charge in [0.25, 0.3) is 5.69 Å². The van der Waals surface area contributed by atoms with Crippen LogP contribution in [-0.2, 0) is 0 Å². The van der Waals surface area contributed by atoms with Crippen molar-refractivity contribution in [1.29, 1.82) is 0 Å². The molecule has 1 aromatic heterocycles. The number of aromatic nitrogens is 1. The van der Waals surface area contributed by atoms with Gasteiger partial charge in [0, 0.05) is 29.8 Å². The van der Waals surface area contributed by atoms with Crippen LogP contribution in [0.2, 0.25) is 0 Å². The van der Waals surface area contributed by atoms with Crippen molar-refractivity contribution in [1.82, 2.24) is 4.48 Å². The maximum absolute atomic E-state index is 10.7. The van der Waals surface area contributed by atoms with E-state index in [1.54, 1.807) is 0 Å². The number of halogens is 1. The Morgan fingerprint density at radius 2 is 1.77 bits per heavy atom. The van der Waals surface area contributed by atoms with Gasteiger partial charge in [-0.3, -0.25) is 0 Å². The van der Waals surface area contributed by atoms with Gasteiger partial charge in [0.2, 0.25) is 11.9 Å². The summed E-state index contributed by atoms with van der Waals surface area (Å²) in [5, 5.41) is 11.4. The van der Waals surface area contributed by atoms with E-state index in [4.69, 9.17) is 11.6 Å². The fourth-order valence-electron chi connectivity index (χ4n) is 2.93. The molecule has 0 bridgehead atoms. The summed E-state index contributed by atoms with van der Waals surface area (Å²) in [7, 11) is 1.96. The maximum Gasteiger partial charge on any atom is 0.272 e. The summed E-state index contributed by atoms with van der Waals surface area (Å²) in [5.74, 6) is 0. The van der Waals surface area contributed by atoms with Crippen molar-refractivity contribution in [3.05, 3.63) is 77.7 Å². The lowest BCUT2D eigenvalue weighted by molar-refractivity contribution is -0.595. The normalized spacial score (nSPS) is 24.6. The highest BCUT2D eigenvalue weighted by Gasteiger charge is 2.40. The number of pyridine rings is 1. The second-order valence-corrected chi connectivity index (χ2v) is 6.13. The van der Waals surface area contributed by atoms with Crippen LogP contribution < -0.4 is 9.05 Å². The van der Waals surface area contributed by atoms with E-state index in [9.17, 15) is 5.11 Å². The second kappa shape index (κ2) is 5.69. The third kappa shape index (κ3) is 2.48. The SMILES string of the molecule is CC1=CC(Cl)=C[N+](C)(c2ccccc2-[n+]2ccccc2)C1O. The number of hydrogen-bond donors (Lipinski definition) is 1. The lowest BCUT2D eigenvalue weighted by atomic mass is 10.1. The molecule has 2 aromatic rings. The minimum atomic E-state index is -0.659. The third-order valence-corrected chi connectivity index (χ3v) is 4.27. The topological polar surface area (TPSA) is 24.1 Å². The fourth-order valence-corrected chi connectivity index (χ4v) is 3.30. The predicted molar refractivity (Wildman–Crippen MR) is 89.4 cm³/mol. The minimum absolute atomic E-state index is 0.221. The monoisotopic (exact) mass is 314 g/mol. The molecule has 1 N–H and O–H groups in total. The number of allylic oxidation sites excluding steroid dienone is 2. The first-order chi connectivity index (χ1) is 10.5. The van der Waals surface area contributed by atoms with E-state index < -0.39 is 6.23 Å². The van der Waals surface area contributed by atoms with E-state index >= 15 is 0 Å². The van der Waals surface area contributed by atoms with Gasteiger partial charge in [-0.1, -0.05) is 29.8 Å². The molecule has 2 heterocycles. The Hall–Kier alpha value is -1.94. The van der Waals surface area contributed by atoms with E-state index in [-0.39, 0.29) is 4.48 Å². The first kappa shape index (κ1) is 15.0. The molecule has 0 radical (unpaired) electrons. The molecule has 2 atom stereocenters. The Bertz CT molecular complexity index is 755. The standard InChI is InChI=1S/C18H19ClN2O/c1-14-12-15(19)13-21(2,18(14)22)17-9-5-4-8-16(17)20-10-6-3-7-11-20/h3-13,18,22H,1-2H3/q+2. The highest BCUT2D eigenvalue weighted by molar-refractivity contribution is 6.31. The van der Waals surface area contributed by atoms with Gasteiger partial charge in [-0.05, 0) is 13.0 Å². The number of benzene rings is 1. The van der Waals surface area contributed by atoms with Crippen LogP contribution in [-0.4, -0.2) is 18.4 Å². The van der Waals surface area contributed by atoms with Crippen LogP contribution in [0.4, 0.5) is 5.69 Å². The van der Waals surface area contributed by atoms with Gasteiger partial charge in [-0.2, -0.15) is 4.57 Å². The van der Waals surface area contributed by atoms with Crippen LogP contribution in [0.3, 0.4) is 0 Å². The van der Waals surface area contributed by atoms with Crippen LogP contribution in [0.1, 0.15) is 6.92 Å². The zero-order chi connectivity index (χ0) is 15.7. The van der Waals surface area contributed by atoms with Crippen LogP contribution in [0.5, 0.6) is 0 Å². The molecule has 1 aliphatic rings. The molecule has 0 fully saturated rings. The van der Waals surface area contributed by atoms with Gasteiger partial charge >= 0.3 is 0 Å². The maximum atomic E-state index is 10.7. The van der Waals surface area contributed by atoms with Crippen LogP contribution in [0.15, 0.2) is 77.7 Å². The number of quaternary nitrogens is 1. The van der Waals surface area contributed by atoms with Crippen molar-refractivity contribution in [3.63, 3.8) is 0 Å². The van der Waals surface area contributed by atoms with E-state index in [2.05, 4.69) is 0 Å². The highest BCUT2D eigenvalue weighted by atomic mass is 35.5. The Kier molecular flexibility index (Phi) is 3.87. The van der Waals surface area contributed by atoms with Crippen LogP contribution in [0.25, 0.3) is 5.69 Å². The van der Waals surface area contributed by atoms with Gasteiger partial charge in [-0.25, -0.2) is 4.48 Å². The molecule has 22 heavy (non-hydrogen) atoms. The summed E-state index contributed by atoms with van der Waals surface area (Å²) in [5.41, 5.74) is 2.85. The fraction of sp³-hybridized carbons (Fsp3) is 0.167. The zero-order valence-corrected chi connectivity index (χ0v) is 13.4. The average molecular weight is 315 g/mol. The summed E-state index contributed by atoms with van der Waals surface area (Å²) in [6.07, 6.45) is 7.02. The minimum Gasteiger partial charge on any atom is -0.341 e. The molecule has 1 aliphatic heterocycles. The number of aliphatic hydroxyl groups excluding tert-OH is 1. The lowest BCUT2D eigenvalue weighted by Crippen LogP contribution is -2.52. The molecular formula is C18H19ClN2O+2. The van der Waals surface area contributed by atoms with Crippen LogP contribution in [0, 0.1) is 0 Å². The molecule has 0 amide bonds. The van der Waals surface area contributed by atoms with Gasteiger partial charge in [-0.15, -0.1) is 0 Å². The molecule has 0 saturated heterocycles. The van der Waals surface area contributed by atoms with Crippen molar-refractivity contribution in [2.24, 2.45) is 0 Å². The van der Waals surface area contributed by atoms with Crippen molar-refractivity contribution in [2.45, 2.75) is 13.2 Å². The summed E-state index contributed by atoms with van der Waals surface area (Å²) in [6, 6.07) is 14.0. The third-order valence-electron chi connectivity index (χ3n) is 4.07. The average Bonchev–Trinajstić information content (AvgIpc) is 2.53. The number of hydrogen-bond acceptors (Lipinski definition) is 1. The summed E-state index contributed by atoms with van der Waals surface area (Å²) in [4.78, 5) is 0. The first-order valence-corrected chi connectivity index (χ1v) is 7.57. The summed E-state index contributed by atoms with van der Waals surface area (Å²) >= 11 is 6.26.